The molecule has 0 aromatic rings. The quantitative estimate of drug-likeness (QED) is 0.818. The van der Waals surface area contributed by atoms with Gasteiger partial charge in [0.05, 0.1) is 0 Å². The summed E-state index contributed by atoms with van der Waals surface area (Å²) in [4.78, 5) is 2.57. The van der Waals surface area contributed by atoms with Crippen LogP contribution in [0.15, 0.2) is 0 Å². The highest BCUT2D eigenvalue weighted by atomic mass is 15.2. The molecule has 2 N–H and O–H groups in total. The summed E-state index contributed by atoms with van der Waals surface area (Å²) in [6.07, 6.45) is 3.90. The molecule has 0 aliphatic heterocycles. The number of nitrogens with two attached hydrogens (primary N) is 1. The van der Waals surface area contributed by atoms with Crippen LogP contribution in [0.5, 0.6) is 0 Å². The first-order valence-electron chi connectivity index (χ1n) is 7.25. The third kappa shape index (κ3) is 3.23. The first-order valence-corrected chi connectivity index (χ1v) is 7.25. The lowest BCUT2D eigenvalue weighted by Gasteiger charge is -2.51. The maximum atomic E-state index is 6.16. The predicted molar refractivity (Wildman–Crippen MR) is 76.0 cm³/mol. The smallest absolute Gasteiger partial charge is 0.0336 e. The monoisotopic (exact) mass is 240 g/mol. The van der Waals surface area contributed by atoms with Crippen LogP contribution in [-0.4, -0.2) is 30.1 Å². The maximum absolute atomic E-state index is 6.16. The molecule has 1 fully saturated rings. The molecular formula is C15H32N2. The second kappa shape index (κ2) is 5.71. The molecule has 0 aromatic carbocycles. The number of hydrogen-bond donors (Lipinski definition) is 1. The Bertz CT molecular complexity index is 227. The third-order valence-corrected chi connectivity index (χ3v) is 4.97. The minimum absolute atomic E-state index is 0.237. The molecule has 1 aliphatic rings. The Hall–Kier alpha value is -0.0800. The van der Waals surface area contributed by atoms with Gasteiger partial charge in [-0.1, -0.05) is 27.7 Å². The largest absolute Gasteiger partial charge is 0.329 e. The Labute approximate surface area is 108 Å². The Kier molecular flexibility index (Phi) is 5.03. The zero-order chi connectivity index (χ0) is 13.2. The molecule has 2 heteroatoms. The van der Waals surface area contributed by atoms with Crippen LogP contribution in [0.4, 0.5) is 0 Å². The van der Waals surface area contributed by atoms with Gasteiger partial charge in [0.2, 0.25) is 0 Å². The van der Waals surface area contributed by atoms with Crippen molar-refractivity contribution < 1.29 is 0 Å². The molecule has 2 nitrogen and oxygen atoms in total. The SMILES string of the molecule is CC1CC(C)CC(CN)(N(C)C(C)C(C)C)C1. The fourth-order valence-electron chi connectivity index (χ4n) is 3.71. The fourth-order valence-corrected chi connectivity index (χ4v) is 3.71. The molecule has 1 saturated carbocycles. The fraction of sp³-hybridized carbons (Fsp3) is 1.00. The standard InChI is InChI=1S/C15H32N2/c1-11(2)14(5)17(6)15(10-16)8-12(3)7-13(4)9-15/h11-14H,7-10,16H2,1-6H3. The van der Waals surface area contributed by atoms with E-state index in [0.29, 0.717) is 12.0 Å². The average Bonchev–Trinajstić information content (AvgIpc) is 2.25. The van der Waals surface area contributed by atoms with Crippen molar-refractivity contribution in [2.75, 3.05) is 13.6 Å². The first kappa shape index (κ1) is 15.0. The van der Waals surface area contributed by atoms with Gasteiger partial charge in [-0.15, -0.1) is 0 Å². The lowest BCUT2D eigenvalue weighted by Crippen LogP contribution is -2.59. The van der Waals surface area contributed by atoms with Crippen LogP contribution < -0.4 is 5.73 Å². The van der Waals surface area contributed by atoms with Crippen LogP contribution in [0, 0.1) is 17.8 Å². The lowest BCUT2D eigenvalue weighted by molar-refractivity contribution is 0.00118. The van der Waals surface area contributed by atoms with Crippen molar-refractivity contribution >= 4 is 0 Å². The zero-order valence-corrected chi connectivity index (χ0v) is 12.7. The molecule has 17 heavy (non-hydrogen) atoms. The summed E-state index contributed by atoms with van der Waals surface area (Å²) in [6.45, 7) is 12.5. The summed E-state index contributed by atoms with van der Waals surface area (Å²) >= 11 is 0. The van der Waals surface area contributed by atoms with Gasteiger partial charge in [-0.25, -0.2) is 0 Å². The van der Waals surface area contributed by atoms with Crippen LogP contribution in [-0.2, 0) is 0 Å². The van der Waals surface area contributed by atoms with Gasteiger partial charge in [0.1, 0.15) is 0 Å². The molecule has 3 unspecified atom stereocenters. The van der Waals surface area contributed by atoms with Crippen molar-refractivity contribution in [2.24, 2.45) is 23.5 Å². The van der Waals surface area contributed by atoms with E-state index >= 15 is 0 Å². The second-order valence-electron chi connectivity index (χ2n) is 6.88. The van der Waals surface area contributed by atoms with Crippen LogP contribution >= 0.6 is 0 Å². The normalized spacial score (nSPS) is 36.5. The summed E-state index contributed by atoms with van der Waals surface area (Å²) in [5.74, 6) is 2.31. The highest BCUT2D eigenvalue weighted by molar-refractivity contribution is 4.98. The molecule has 0 heterocycles. The van der Waals surface area contributed by atoms with Gasteiger partial charge in [0, 0.05) is 18.1 Å². The van der Waals surface area contributed by atoms with Crippen molar-refractivity contribution in [3.05, 3.63) is 0 Å². The number of nitrogens with zero attached hydrogens (tertiary/aromatic N) is 1. The Morgan fingerprint density at radius 2 is 1.65 bits per heavy atom. The van der Waals surface area contributed by atoms with Gasteiger partial charge in [0.25, 0.3) is 0 Å². The minimum Gasteiger partial charge on any atom is -0.329 e. The highest BCUT2D eigenvalue weighted by Gasteiger charge is 2.41. The highest BCUT2D eigenvalue weighted by Crippen LogP contribution is 2.40. The summed E-state index contributed by atoms with van der Waals surface area (Å²) in [7, 11) is 2.28. The van der Waals surface area contributed by atoms with Crippen molar-refractivity contribution in [1.82, 2.24) is 4.90 Å². The van der Waals surface area contributed by atoms with E-state index in [0.717, 1.165) is 18.4 Å². The second-order valence-corrected chi connectivity index (χ2v) is 6.88. The van der Waals surface area contributed by atoms with E-state index in [-0.39, 0.29) is 5.54 Å². The molecule has 0 spiro atoms. The van der Waals surface area contributed by atoms with Crippen molar-refractivity contribution in [1.29, 1.82) is 0 Å². The van der Waals surface area contributed by atoms with Crippen LogP contribution in [0.3, 0.4) is 0 Å². The molecule has 0 aromatic heterocycles. The maximum Gasteiger partial charge on any atom is 0.0336 e. The van der Waals surface area contributed by atoms with E-state index in [1.165, 1.54) is 19.3 Å². The van der Waals surface area contributed by atoms with Gasteiger partial charge < -0.3 is 5.73 Å². The molecule has 102 valence electrons. The van der Waals surface area contributed by atoms with Crippen LogP contribution in [0.2, 0.25) is 0 Å². The number of hydrogen-bond acceptors (Lipinski definition) is 2. The molecule has 3 atom stereocenters. The Morgan fingerprint density at radius 1 is 1.18 bits per heavy atom. The van der Waals surface area contributed by atoms with E-state index in [2.05, 4.69) is 46.6 Å². The van der Waals surface area contributed by atoms with E-state index in [1.54, 1.807) is 0 Å². The summed E-state index contributed by atoms with van der Waals surface area (Å²) in [5, 5.41) is 0. The topological polar surface area (TPSA) is 29.3 Å². The van der Waals surface area contributed by atoms with Gasteiger partial charge in [-0.05, 0) is 51.0 Å². The van der Waals surface area contributed by atoms with E-state index < -0.39 is 0 Å². The molecule has 0 bridgehead atoms. The van der Waals surface area contributed by atoms with Crippen LogP contribution in [0.25, 0.3) is 0 Å². The lowest BCUT2D eigenvalue weighted by atomic mass is 9.70. The van der Waals surface area contributed by atoms with E-state index in [1.807, 2.05) is 0 Å². The van der Waals surface area contributed by atoms with Crippen LogP contribution in [0.1, 0.15) is 53.9 Å². The third-order valence-electron chi connectivity index (χ3n) is 4.97. The predicted octanol–water partition coefficient (Wildman–Crippen LogP) is 3.12. The molecular weight excluding hydrogens is 208 g/mol. The number of rotatable bonds is 4. The van der Waals surface area contributed by atoms with Crippen molar-refractivity contribution in [3.63, 3.8) is 0 Å². The summed E-state index contributed by atoms with van der Waals surface area (Å²) < 4.78 is 0. The molecule has 0 saturated heterocycles. The summed E-state index contributed by atoms with van der Waals surface area (Å²) in [5.41, 5.74) is 6.40. The van der Waals surface area contributed by atoms with E-state index in [4.69, 9.17) is 5.73 Å². The average molecular weight is 240 g/mol. The van der Waals surface area contributed by atoms with Gasteiger partial charge >= 0.3 is 0 Å². The number of likely N-dealkylation sites (N-methyl/N-ethyl adjacent to an activating group) is 1. The molecule has 1 aliphatic carbocycles. The van der Waals surface area contributed by atoms with Crippen molar-refractivity contribution in [2.45, 2.75) is 65.5 Å². The first-order chi connectivity index (χ1) is 7.82. The Balaban J connectivity index is 2.86. The minimum atomic E-state index is 0.237. The van der Waals surface area contributed by atoms with Gasteiger partial charge in [-0.2, -0.15) is 0 Å². The van der Waals surface area contributed by atoms with Crippen molar-refractivity contribution in [3.8, 4) is 0 Å². The molecule has 0 amide bonds. The van der Waals surface area contributed by atoms with E-state index in [9.17, 15) is 0 Å². The summed E-state index contributed by atoms with van der Waals surface area (Å²) in [6, 6.07) is 0.607. The van der Waals surface area contributed by atoms with Gasteiger partial charge in [0.15, 0.2) is 0 Å². The zero-order valence-electron chi connectivity index (χ0n) is 12.7. The molecule has 1 rings (SSSR count). The van der Waals surface area contributed by atoms with Gasteiger partial charge in [-0.3, -0.25) is 4.90 Å². The Morgan fingerprint density at radius 3 is 2.00 bits per heavy atom. The molecule has 0 radical (unpaired) electrons.